The van der Waals surface area contributed by atoms with E-state index in [1.54, 1.807) is 0 Å². The molecule has 68 valence electrons. The van der Waals surface area contributed by atoms with Gasteiger partial charge in [-0.05, 0) is 19.3 Å². The highest BCUT2D eigenvalue weighted by molar-refractivity contribution is 9.09. The van der Waals surface area contributed by atoms with Crippen molar-refractivity contribution in [3.63, 3.8) is 0 Å². The van der Waals surface area contributed by atoms with E-state index in [1.165, 1.54) is 0 Å². The predicted octanol–water partition coefficient (Wildman–Crippen LogP) is 4.24. The second-order valence-electron chi connectivity index (χ2n) is 2.45. The standard InChI is InChI=1S/C11H17Br/c1-2-3-4-5-6-7-8-9-10-11-12/h3-4,6-7,9-10H,2,5,8,11H2,1H3. The number of hydrogen-bond acceptors (Lipinski definition) is 0. The summed E-state index contributed by atoms with van der Waals surface area (Å²) >= 11 is 3.33. The first kappa shape index (κ1) is 11.7. The maximum absolute atomic E-state index is 3.33. The van der Waals surface area contributed by atoms with Crippen molar-refractivity contribution >= 4 is 15.9 Å². The van der Waals surface area contributed by atoms with Crippen molar-refractivity contribution in [3.05, 3.63) is 36.5 Å². The largest absolute Gasteiger partial charge is 0.0885 e. The van der Waals surface area contributed by atoms with Gasteiger partial charge in [0.2, 0.25) is 0 Å². The van der Waals surface area contributed by atoms with Crippen LogP contribution in [0.25, 0.3) is 0 Å². The fourth-order valence-corrected chi connectivity index (χ4v) is 1.04. The molecule has 0 rings (SSSR count). The zero-order chi connectivity index (χ0) is 9.07. The van der Waals surface area contributed by atoms with Crippen molar-refractivity contribution in [3.8, 4) is 0 Å². The summed E-state index contributed by atoms with van der Waals surface area (Å²) in [7, 11) is 0. The summed E-state index contributed by atoms with van der Waals surface area (Å²) < 4.78 is 0. The zero-order valence-electron chi connectivity index (χ0n) is 7.67. The van der Waals surface area contributed by atoms with Gasteiger partial charge in [-0.15, -0.1) is 0 Å². The van der Waals surface area contributed by atoms with E-state index in [9.17, 15) is 0 Å². The Kier molecular flexibility index (Phi) is 10.4. The minimum atomic E-state index is 0.955. The summed E-state index contributed by atoms with van der Waals surface area (Å²) in [4.78, 5) is 0. The van der Waals surface area contributed by atoms with E-state index in [1.807, 2.05) is 0 Å². The van der Waals surface area contributed by atoms with E-state index in [2.05, 4.69) is 59.3 Å². The predicted molar refractivity (Wildman–Crippen MR) is 60.7 cm³/mol. The molecule has 0 aromatic carbocycles. The Labute approximate surface area is 84.2 Å². The van der Waals surface area contributed by atoms with Gasteiger partial charge in [-0.3, -0.25) is 0 Å². The molecule has 0 N–H and O–H groups in total. The Bertz CT molecular complexity index is 136. The van der Waals surface area contributed by atoms with Crippen LogP contribution in [0.3, 0.4) is 0 Å². The van der Waals surface area contributed by atoms with Gasteiger partial charge in [0.15, 0.2) is 0 Å². The molecule has 0 amide bonds. The third-order valence-corrected chi connectivity index (χ3v) is 1.74. The maximum atomic E-state index is 3.33. The number of rotatable bonds is 6. The molecule has 0 nitrogen and oxygen atoms in total. The molecule has 0 aliphatic carbocycles. The second kappa shape index (κ2) is 10.7. The first-order chi connectivity index (χ1) is 5.91. The van der Waals surface area contributed by atoms with E-state index in [0.717, 1.165) is 24.6 Å². The van der Waals surface area contributed by atoms with E-state index in [0.29, 0.717) is 0 Å². The molecule has 0 spiro atoms. The average molecular weight is 229 g/mol. The van der Waals surface area contributed by atoms with Crippen LogP contribution in [0.15, 0.2) is 36.5 Å². The molecule has 0 aliphatic rings. The van der Waals surface area contributed by atoms with Gasteiger partial charge in [-0.25, -0.2) is 0 Å². The van der Waals surface area contributed by atoms with Gasteiger partial charge in [-0.2, -0.15) is 0 Å². The summed E-state index contributed by atoms with van der Waals surface area (Å²) in [6.45, 7) is 2.15. The maximum Gasteiger partial charge on any atom is 0.0212 e. The molecule has 0 saturated heterocycles. The Morgan fingerprint density at radius 2 is 1.33 bits per heavy atom. The molecule has 0 unspecified atom stereocenters. The van der Waals surface area contributed by atoms with Crippen molar-refractivity contribution in [2.45, 2.75) is 26.2 Å². The van der Waals surface area contributed by atoms with E-state index in [4.69, 9.17) is 0 Å². The lowest BCUT2D eigenvalue weighted by Crippen LogP contribution is -1.62. The van der Waals surface area contributed by atoms with Gasteiger partial charge in [-0.1, -0.05) is 59.3 Å². The third-order valence-electron chi connectivity index (χ3n) is 1.37. The summed E-state index contributed by atoms with van der Waals surface area (Å²) in [5.41, 5.74) is 0. The SMILES string of the molecule is CCC=CCC=CCC=CCBr. The van der Waals surface area contributed by atoms with Crippen molar-refractivity contribution in [2.24, 2.45) is 0 Å². The van der Waals surface area contributed by atoms with Crippen LogP contribution in [0.5, 0.6) is 0 Å². The molecule has 12 heavy (non-hydrogen) atoms. The van der Waals surface area contributed by atoms with E-state index in [-0.39, 0.29) is 0 Å². The highest BCUT2D eigenvalue weighted by Crippen LogP contribution is 1.92. The number of halogens is 1. The Hall–Kier alpha value is -0.300. The summed E-state index contributed by atoms with van der Waals surface area (Å²) in [5, 5.41) is 0.955. The van der Waals surface area contributed by atoms with Gasteiger partial charge in [0.25, 0.3) is 0 Å². The molecule has 0 aliphatic heterocycles. The molecule has 0 heterocycles. The first-order valence-corrected chi connectivity index (χ1v) is 5.55. The molecule has 0 aromatic heterocycles. The van der Waals surface area contributed by atoms with Crippen LogP contribution in [0.1, 0.15) is 26.2 Å². The molecule has 0 radical (unpaired) electrons. The van der Waals surface area contributed by atoms with Gasteiger partial charge in [0, 0.05) is 5.33 Å². The summed E-state index contributed by atoms with van der Waals surface area (Å²) in [5.74, 6) is 0. The fraction of sp³-hybridized carbons (Fsp3) is 0.455. The van der Waals surface area contributed by atoms with Gasteiger partial charge < -0.3 is 0 Å². The highest BCUT2D eigenvalue weighted by Gasteiger charge is 1.71. The molecule has 1 heteroatoms. The fourth-order valence-electron chi connectivity index (χ4n) is 0.772. The third kappa shape index (κ3) is 9.70. The van der Waals surface area contributed by atoms with Gasteiger partial charge in [0.1, 0.15) is 0 Å². The smallest absolute Gasteiger partial charge is 0.0212 e. The van der Waals surface area contributed by atoms with Crippen molar-refractivity contribution in [1.82, 2.24) is 0 Å². The zero-order valence-corrected chi connectivity index (χ0v) is 9.26. The topological polar surface area (TPSA) is 0 Å². The average Bonchev–Trinajstić information content (AvgIpc) is 2.10. The molecule has 0 fully saturated rings. The van der Waals surface area contributed by atoms with Crippen LogP contribution in [0, 0.1) is 0 Å². The normalized spacial score (nSPS) is 12.5. The van der Waals surface area contributed by atoms with Crippen LogP contribution in [-0.2, 0) is 0 Å². The molecule has 0 bridgehead atoms. The van der Waals surface area contributed by atoms with Crippen LogP contribution in [0.2, 0.25) is 0 Å². The number of hydrogen-bond donors (Lipinski definition) is 0. The van der Waals surface area contributed by atoms with Crippen LogP contribution in [-0.4, -0.2) is 5.33 Å². The Balaban J connectivity index is 3.25. The first-order valence-electron chi connectivity index (χ1n) is 4.42. The van der Waals surface area contributed by atoms with E-state index >= 15 is 0 Å². The van der Waals surface area contributed by atoms with Crippen molar-refractivity contribution < 1.29 is 0 Å². The lowest BCUT2D eigenvalue weighted by molar-refractivity contribution is 1.19. The highest BCUT2D eigenvalue weighted by atomic mass is 79.9. The Morgan fingerprint density at radius 1 is 0.833 bits per heavy atom. The van der Waals surface area contributed by atoms with E-state index < -0.39 is 0 Å². The summed E-state index contributed by atoms with van der Waals surface area (Å²) in [6, 6.07) is 0. The lowest BCUT2D eigenvalue weighted by atomic mass is 10.3. The minimum Gasteiger partial charge on any atom is -0.0885 e. The molecule has 0 atom stereocenters. The molecular formula is C11H17Br. The quantitative estimate of drug-likeness (QED) is 0.472. The number of alkyl halides is 1. The monoisotopic (exact) mass is 228 g/mol. The lowest BCUT2D eigenvalue weighted by Gasteiger charge is -1.82. The van der Waals surface area contributed by atoms with Crippen LogP contribution < -0.4 is 0 Å². The van der Waals surface area contributed by atoms with Crippen molar-refractivity contribution in [1.29, 1.82) is 0 Å². The molecular weight excluding hydrogens is 212 g/mol. The van der Waals surface area contributed by atoms with Crippen LogP contribution >= 0.6 is 15.9 Å². The second-order valence-corrected chi connectivity index (χ2v) is 3.10. The van der Waals surface area contributed by atoms with Gasteiger partial charge >= 0.3 is 0 Å². The minimum absolute atomic E-state index is 0.955. The van der Waals surface area contributed by atoms with Gasteiger partial charge in [0.05, 0.1) is 0 Å². The summed E-state index contributed by atoms with van der Waals surface area (Å²) in [6.07, 6.45) is 16.3. The number of allylic oxidation sites excluding steroid dienone is 6. The molecule has 0 aromatic rings. The molecule has 0 saturated carbocycles. The van der Waals surface area contributed by atoms with Crippen LogP contribution in [0.4, 0.5) is 0 Å². The Morgan fingerprint density at radius 3 is 1.83 bits per heavy atom. The van der Waals surface area contributed by atoms with Crippen molar-refractivity contribution in [2.75, 3.05) is 5.33 Å².